The number of nitrogens with one attached hydrogen (secondary N) is 1. The number of urea groups is 1. The van der Waals surface area contributed by atoms with Crippen LogP contribution < -0.4 is 5.32 Å². The van der Waals surface area contributed by atoms with Crippen LogP contribution in [0.2, 0.25) is 0 Å². The van der Waals surface area contributed by atoms with Gasteiger partial charge in [-0.25, -0.2) is 4.79 Å². The molecule has 0 aromatic heterocycles. The second-order valence-corrected chi connectivity index (χ2v) is 5.63. The van der Waals surface area contributed by atoms with E-state index in [9.17, 15) is 33.2 Å². The molecule has 132 valence electrons. The summed E-state index contributed by atoms with van der Waals surface area (Å²) in [6.07, 6.45) is -4.24. The summed E-state index contributed by atoms with van der Waals surface area (Å²) in [5.41, 5.74) is -2.71. The van der Waals surface area contributed by atoms with Gasteiger partial charge in [-0.05, 0) is 24.5 Å². The van der Waals surface area contributed by atoms with Gasteiger partial charge in [-0.1, -0.05) is 6.92 Å². The number of hydrogen-bond donors (Lipinski definition) is 2. The van der Waals surface area contributed by atoms with E-state index in [4.69, 9.17) is 0 Å². The Bertz CT molecular complexity index is 651. The van der Waals surface area contributed by atoms with E-state index in [1.165, 1.54) is 4.90 Å². The number of nitro benzene ring substituents is 1. The standard InChI is InChI=1S/C14H16F3N3O4/c1-8-4-5-19(12(8)7-21)13(22)18-9-2-3-11(20(23)24)10(6-9)14(15,16)17/h2-3,6,8,12,21H,4-5,7H2,1H3,(H,18,22). The van der Waals surface area contributed by atoms with Gasteiger partial charge >= 0.3 is 12.2 Å². The van der Waals surface area contributed by atoms with Crippen LogP contribution in [0.4, 0.5) is 29.3 Å². The highest BCUT2D eigenvalue weighted by Gasteiger charge is 2.39. The highest BCUT2D eigenvalue weighted by molar-refractivity contribution is 5.90. The third kappa shape index (κ3) is 3.58. The van der Waals surface area contributed by atoms with Crippen molar-refractivity contribution in [2.75, 3.05) is 18.5 Å². The minimum Gasteiger partial charge on any atom is -0.394 e. The molecule has 0 bridgehead atoms. The second-order valence-electron chi connectivity index (χ2n) is 5.63. The largest absolute Gasteiger partial charge is 0.423 e. The van der Waals surface area contributed by atoms with Crippen molar-refractivity contribution < 1.29 is 28.0 Å². The Morgan fingerprint density at radius 3 is 2.71 bits per heavy atom. The summed E-state index contributed by atoms with van der Waals surface area (Å²) in [7, 11) is 0. The summed E-state index contributed by atoms with van der Waals surface area (Å²) in [4.78, 5) is 23.1. The lowest BCUT2D eigenvalue weighted by atomic mass is 10.0. The maximum atomic E-state index is 12.9. The molecule has 2 atom stereocenters. The quantitative estimate of drug-likeness (QED) is 0.649. The molecule has 1 aromatic rings. The molecule has 2 rings (SSSR count). The van der Waals surface area contributed by atoms with E-state index in [0.29, 0.717) is 25.1 Å². The number of likely N-dealkylation sites (tertiary alicyclic amines) is 1. The van der Waals surface area contributed by atoms with E-state index in [2.05, 4.69) is 5.32 Å². The minimum atomic E-state index is -4.92. The predicted octanol–water partition coefficient (Wildman–Crippen LogP) is 2.85. The molecule has 0 saturated carbocycles. The van der Waals surface area contributed by atoms with Gasteiger partial charge in [0, 0.05) is 18.3 Å². The van der Waals surface area contributed by atoms with Crippen LogP contribution in [0.5, 0.6) is 0 Å². The Morgan fingerprint density at radius 2 is 2.17 bits per heavy atom. The Hall–Kier alpha value is -2.36. The fourth-order valence-electron chi connectivity index (χ4n) is 2.73. The van der Waals surface area contributed by atoms with Crippen molar-refractivity contribution in [1.29, 1.82) is 0 Å². The highest BCUT2D eigenvalue weighted by Crippen LogP contribution is 2.37. The molecule has 10 heteroatoms. The van der Waals surface area contributed by atoms with E-state index >= 15 is 0 Å². The third-order valence-corrected chi connectivity index (χ3v) is 4.08. The van der Waals surface area contributed by atoms with Crippen molar-refractivity contribution in [3.8, 4) is 0 Å². The average molecular weight is 347 g/mol. The molecule has 1 fully saturated rings. The number of carbonyl (C=O) groups is 1. The molecule has 24 heavy (non-hydrogen) atoms. The molecule has 0 spiro atoms. The number of hydrogen-bond acceptors (Lipinski definition) is 4. The Kier molecular flexibility index (Phi) is 4.97. The lowest BCUT2D eigenvalue weighted by Crippen LogP contribution is -2.42. The lowest BCUT2D eigenvalue weighted by molar-refractivity contribution is -0.388. The topological polar surface area (TPSA) is 95.7 Å². The normalized spacial score (nSPS) is 21.0. The van der Waals surface area contributed by atoms with Gasteiger partial charge < -0.3 is 15.3 Å². The number of amides is 2. The third-order valence-electron chi connectivity index (χ3n) is 4.08. The summed E-state index contributed by atoms with van der Waals surface area (Å²) in [6.45, 7) is 1.99. The molecule has 1 heterocycles. The van der Waals surface area contributed by atoms with Crippen LogP contribution in [-0.4, -0.2) is 40.2 Å². The molecule has 2 N–H and O–H groups in total. The first kappa shape index (κ1) is 18.0. The van der Waals surface area contributed by atoms with Crippen LogP contribution >= 0.6 is 0 Å². The van der Waals surface area contributed by atoms with Crippen molar-refractivity contribution in [1.82, 2.24) is 4.90 Å². The number of nitro groups is 1. The van der Waals surface area contributed by atoms with Crippen molar-refractivity contribution in [2.45, 2.75) is 25.6 Å². The molecule has 2 unspecified atom stereocenters. The molecule has 0 aliphatic carbocycles. The number of nitrogens with zero attached hydrogens (tertiary/aromatic N) is 2. The zero-order valence-corrected chi connectivity index (χ0v) is 12.7. The molecule has 1 aliphatic heterocycles. The summed E-state index contributed by atoms with van der Waals surface area (Å²) >= 11 is 0. The van der Waals surface area contributed by atoms with Crippen LogP contribution in [0.15, 0.2) is 18.2 Å². The highest BCUT2D eigenvalue weighted by atomic mass is 19.4. The molecule has 1 aromatic carbocycles. The number of carbonyl (C=O) groups excluding carboxylic acids is 1. The van der Waals surface area contributed by atoms with E-state index in [0.717, 1.165) is 6.07 Å². The number of benzene rings is 1. The first-order valence-corrected chi connectivity index (χ1v) is 7.19. The second kappa shape index (κ2) is 6.63. The van der Waals surface area contributed by atoms with Gasteiger partial charge in [0.1, 0.15) is 5.56 Å². The molecule has 7 nitrogen and oxygen atoms in total. The van der Waals surface area contributed by atoms with Gasteiger partial charge in [-0.3, -0.25) is 10.1 Å². The zero-order valence-electron chi connectivity index (χ0n) is 12.7. The van der Waals surface area contributed by atoms with E-state index in [1.54, 1.807) is 0 Å². The molecule has 2 amide bonds. The fraction of sp³-hybridized carbons (Fsp3) is 0.500. The minimum absolute atomic E-state index is 0.0725. The number of halogens is 3. The Labute approximate surface area is 135 Å². The smallest absolute Gasteiger partial charge is 0.394 e. The molecule has 1 saturated heterocycles. The molecule has 0 radical (unpaired) electrons. The van der Waals surface area contributed by atoms with Gasteiger partial charge in [0.15, 0.2) is 0 Å². The van der Waals surface area contributed by atoms with Gasteiger partial charge in [0.2, 0.25) is 0 Å². The number of anilines is 1. The molecular weight excluding hydrogens is 331 g/mol. The number of rotatable bonds is 3. The maximum absolute atomic E-state index is 12.9. The summed E-state index contributed by atoms with van der Waals surface area (Å²) in [5, 5.41) is 22.3. The summed E-state index contributed by atoms with van der Waals surface area (Å²) in [5.74, 6) is 0.0725. The monoisotopic (exact) mass is 347 g/mol. The van der Waals surface area contributed by atoms with Gasteiger partial charge in [0.05, 0.1) is 17.6 Å². The SMILES string of the molecule is CC1CCN(C(=O)Nc2ccc([N+](=O)[O-])c(C(F)(F)F)c2)C1CO. The van der Waals surface area contributed by atoms with Crippen LogP contribution in [0.3, 0.4) is 0 Å². The average Bonchev–Trinajstić information content (AvgIpc) is 2.87. The molecule has 1 aliphatic rings. The zero-order chi connectivity index (χ0) is 18.1. The number of aliphatic hydroxyl groups excluding tert-OH is 1. The van der Waals surface area contributed by atoms with Gasteiger partial charge in [-0.15, -0.1) is 0 Å². The van der Waals surface area contributed by atoms with E-state index < -0.39 is 34.4 Å². The van der Waals surface area contributed by atoms with Gasteiger partial charge in [0.25, 0.3) is 5.69 Å². The van der Waals surface area contributed by atoms with Crippen molar-refractivity contribution in [3.05, 3.63) is 33.9 Å². The summed E-state index contributed by atoms with van der Waals surface area (Å²) in [6, 6.07) is 1.21. The predicted molar refractivity (Wildman–Crippen MR) is 78.5 cm³/mol. The first-order valence-electron chi connectivity index (χ1n) is 7.19. The Morgan fingerprint density at radius 1 is 1.50 bits per heavy atom. The van der Waals surface area contributed by atoms with Crippen LogP contribution in [0.1, 0.15) is 18.9 Å². The van der Waals surface area contributed by atoms with Crippen LogP contribution in [0.25, 0.3) is 0 Å². The molecular formula is C14H16F3N3O4. The number of aliphatic hydroxyl groups is 1. The fourth-order valence-corrected chi connectivity index (χ4v) is 2.73. The van der Waals surface area contributed by atoms with E-state index in [1.807, 2.05) is 6.92 Å². The maximum Gasteiger partial charge on any atom is 0.423 e. The van der Waals surface area contributed by atoms with Crippen molar-refractivity contribution >= 4 is 17.4 Å². The summed E-state index contributed by atoms with van der Waals surface area (Å²) < 4.78 is 38.8. The van der Waals surface area contributed by atoms with Crippen LogP contribution in [-0.2, 0) is 6.18 Å². The van der Waals surface area contributed by atoms with E-state index in [-0.39, 0.29) is 18.2 Å². The van der Waals surface area contributed by atoms with Crippen molar-refractivity contribution in [2.24, 2.45) is 5.92 Å². The Balaban J connectivity index is 2.24. The van der Waals surface area contributed by atoms with Crippen molar-refractivity contribution in [3.63, 3.8) is 0 Å². The van der Waals surface area contributed by atoms with Gasteiger partial charge in [-0.2, -0.15) is 13.2 Å². The number of alkyl halides is 3. The van der Waals surface area contributed by atoms with Crippen LogP contribution in [0, 0.1) is 16.0 Å². The lowest BCUT2D eigenvalue weighted by Gasteiger charge is -2.25. The first-order chi connectivity index (χ1) is 11.1.